The van der Waals surface area contributed by atoms with Crippen LogP contribution in [0.3, 0.4) is 0 Å². The average molecular weight is 258 g/mol. The molecule has 2 nitrogen and oxygen atoms in total. The Morgan fingerprint density at radius 2 is 1.89 bits per heavy atom. The number of fused-ring (bicyclic) bond motifs is 1. The van der Waals surface area contributed by atoms with Crippen LogP contribution in [0.25, 0.3) is 0 Å². The molecular formula is C17H22O2. The second kappa shape index (κ2) is 4.99. The minimum absolute atomic E-state index is 0.497. The molecule has 1 aromatic carbocycles. The Hall–Kier alpha value is -1.31. The monoisotopic (exact) mass is 258 g/mol. The van der Waals surface area contributed by atoms with Gasteiger partial charge in [0.1, 0.15) is 0 Å². The predicted molar refractivity (Wildman–Crippen MR) is 75.1 cm³/mol. The lowest BCUT2D eigenvalue weighted by atomic mass is 9.67. The molecule has 0 heterocycles. The topological polar surface area (TPSA) is 37.3 Å². The molecule has 102 valence electrons. The van der Waals surface area contributed by atoms with Gasteiger partial charge in [0.25, 0.3) is 0 Å². The van der Waals surface area contributed by atoms with Crippen LogP contribution in [0.2, 0.25) is 0 Å². The largest absolute Gasteiger partial charge is 0.481 e. The van der Waals surface area contributed by atoms with Crippen molar-refractivity contribution in [1.82, 2.24) is 0 Å². The summed E-state index contributed by atoms with van der Waals surface area (Å²) >= 11 is 0. The van der Waals surface area contributed by atoms with Gasteiger partial charge in [-0.2, -0.15) is 0 Å². The summed E-state index contributed by atoms with van der Waals surface area (Å²) in [7, 11) is 0. The van der Waals surface area contributed by atoms with E-state index in [9.17, 15) is 9.90 Å². The third-order valence-electron chi connectivity index (χ3n) is 5.13. The van der Waals surface area contributed by atoms with Crippen molar-refractivity contribution in [2.75, 3.05) is 0 Å². The number of hydrogen-bond donors (Lipinski definition) is 1. The number of carboxylic acids is 1. The van der Waals surface area contributed by atoms with Crippen LogP contribution in [0.1, 0.15) is 49.7 Å². The highest BCUT2D eigenvalue weighted by atomic mass is 16.4. The quantitative estimate of drug-likeness (QED) is 0.894. The molecule has 19 heavy (non-hydrogen) atoms. The van der Waals surface area contributed by atoms with E-state index in [1.807, 2.05) is 6.07 Å². The molecule has 0 radical (unpaired) electrons. The van der Waals surface area contributed by atoms with Crippen LogP contribution in [0, 0.1) is 11.3 Å². The lowest BCUT2D eigenvalue weighted by molar-refractivity contribution is -0.151. The van der Waals surface area contributed by atoms with Gasteiger partial charge >= 0.3 is 5.97 Å². The summed E-state index contributed by atoms with van der Waals surface area (Å²) in [6, 6.07) is 8.35. The Bertz CT molecular complexity index is 474. The molecule has 0 spiro atoms. The van der Waals surface area contributed by atoms with E-state index < -0.39 is 11.4 Å². The van der Waals surface area contributed by atoms with Crippen LogP contribution in [0.4, 0.5) is 0 Å². The zero-order valence-corrected chi connectivity index (χ0v) is 11.4. The SMILES string of the molecule is O=C(O)C1(CC2CCCC2)CCc2ccccc2C1. The smallest absolute Gasteiger partial charge is 0.309 e. The molecule has 1 aromatic rings. The Kier molecular flexibility index (Phi) is 3.34. The molecule has 2 heteroatoms. The molecule has 3 rings (SSSR count). The number of benzene rings is 1. The molecule has 1 saturated carbocycles. The van der Waals surface area contributed by atoms with Gasteiger partial charge in [-0.15, -0.1) is 0 Å². The molecule has 0 amide bonds. The molecule has 0 saturated heterocycles. The summed E-state index contributed by atoms with van der Waals surface area (Å²) in [6.07, 6.45) is 8.40. The van der Waals surface area contributed by atoms with Crippen molar-refractivity contribution < 1.29 is 9.90 Å². The minimum Gasteiger partial charge on any atom is -0.481 e. The van der Waals surface area contributed by atoms with Crippen LogP contribution in [0.5, 0.6) is 0 Å². The standard InChI is InChI=1S/C17H22O2/c18-16(19)17(11-13-5-1-2-6-13)10-9-14-7-3-4-8-15(14)12-17/h3-4,7-8,13H,1-2,5-6,9-12H2,(H,18,19). The van der Waals surface area contributed by atoms with Crippen molar-refractivity contribution in [3.05, 3.63) is 35.4 Å². The predicted octanol–water partition coefficient (Wildman–Crippen LogP) is 3.83. The van der Waals surface area contributed by atoms with E-state index in [0.29, 0.717) is 5.92 Å². The summed E-state index contributed by atoms with van der Waals surface area (Å²) in [5.41, 5.74) is 2.11. The maximum absolute atomic E-state index is 11.9. The van der Waals surface area contributed by atoms with E-state index in [-0.39, 0.29) is 0 Å². The lowest BCUT2D eigenvalue weighted by Gasteiger charge is -2.36. The fourth-order valence-corrected chi connectivity index (χ4v) is 4.01. The number of aryl methyl sites for hydroxylation is 1. The van der Waals surface area contributed by atoms with Gasteiger partial charge in [0.05, 0.1) is 5.41 Å². The Morgan fingerprint density at radius 3 is 2.58 bits per heavy atom. The van der Waals surface area contributed by atoms with Crippen LogP contribution in [-0.4, -0.2) is 11.1 Å². The highest BCUT2D eigenvalue weighted by Gasteiger charge is 2.43. The highest BCUT2D eigenvalue weighted by molar-refractivity contribution is 5.75. The van der Waals surface area contributed by atoms with Crippen LogP contribution < -0.4 is 0 Å². The summed E-state index contributed by atoms with van der Waals surface area (Å²) in [6.45, 7) is 0. The summed E-state index contributed by atoms with van der Waals surface area (Å²) in [4.78, 5) is 11.9. The Labute approximate surface area is 114 Å². The first-order chi connectivity index (χ1) is 9.20. The number of aliphatic carboxylic acids is 1. The van der Waals surface area contributed by atoms with Crippen LogP contribution in [0.15, 0.2) is 24.3 Å². The minimum atomic E-state index is -0.575. The van der Waals surface area contributed by atoms with Gasteiger partial charge in [-0.25, -0.2) is 0 Å². The van der Waals surface area contributed by atoms with Gasteiger partial charge in [-0.05, 0) is 42.7 Å². The lowest BCUT2D eigenvalue weighted by Crippen LogP contribution is -2.38. The zero-order chi connectivity index (χ0) is 13.3. The molecule has 2 aliphatic carbocycles. The maximum atomic E-state index is 11.9. The van der Waals surface area contributed by atoms with Gasteiger partial charge in [0.15, 0.2) is 0 Å². The van der Waals surface area contributed by atoms with Gasteiger partial charge < -0.3 is 5.11 Å². The summed E-state index contributed by atoms with van der Waals surface area (Å²) in [5.74, 6) is 0.0651. The number of rotatable bonds is 3. The Balaban J connectivity index is 1.84. The van der Waals surface area contributed by atoms with E-state index in [1.165, 1.54) is 36.8 Å². The fraction of sp³-hybridized carbons (Fsp3) is 0.588. The van der Waals surface area contributed by atoms with Gasteiger partial charge in [-0.1, -0.05) is 49.9 Å². The molecule has 1 atom stereocenters. The third kappa shape index (κ3) is 2.41. The molecule has 0 aromatic heterocycles. The van der Waals surface area contributed by atoms with Gasteiger partial charge in [0.2, 0.25) is 0 Å². The van der Waals surface area contributed by atoms with Crippen molar-refractivity contribution >= 4 is 5.97 Å². The molecule has 0 bridgehead atoms. The maximum Gasteiger partial charge on any atom is 0.309 e. The number of carboxylic acid groups (broad SMARTS) is 1. The first-order valence-electron chi connectivity index (χ1n) is 7.50. The zero-order valence-electron chi connectivity index (χ0n) is 11.4. The Morgan fingerprint density at radius 1 is 1.21 bits per heavy atom. The molecule has 1 fully saturated rings. The van der Waals surface area contributed by atoms with Crippen molar-refractivity contribution in [3.63, 3.8) is 0 Å². The van der Waals surface area contributed by atoms with Crippen molar-refractivity contribution in [2.45, 2.75) is 51.4 Å². The van der Waals surface area contributed by atoms with Crippen LogP contribution >= 0.6 is 0 Å². The van der Waals surface area contributed by atoms with E-state index in [2.05, 4.69) is 18.2 Å². The van der Waals surface area contributed by atoms with E-state index in [4.69, 9.17) is 0 Å². The fourth-order valence-electron chi connectivity index (χ4n) is 4.01. The van der Waals surface area contributed by atoms with E-state index in [0.717, 1.165) is 25.7 Å². The first-order valence-corrected chi connectivity index (χ1v) is 7.50. The average Bonchev–Trinajstić information content (AvgIpc) is 2.91. The third-order valence-corrected chi connectivity index (χ3v) is 5.13. The second-order valence-corrected chi connectivity index (χ2v) is 6.39. The number of hydrogen-bond acceptors (Lipinski definition) is 1. The van der Waals surface area contributed by atoms with E-state index in [1.54, 1.807) is 0 Å². The van der Waals surface area contributed by atoms with Crippen molar-refractivity contribution in [1.29, 1.82) is 0 Å². The summed E-state index contributed by atoms with van der Waals surface area (Å²) in [5, 5.41) is 9.77. The van der Waals surface area contributed by atoms with Crippen LogP contribution in [-0.2, 0) is 17.6 Å². The molecule has 0 aliphatic heterocycles. The highest BCUT2D eigenvalue weighted by Crippen LogP contribution is 2.44. The molecule has 1 unspecified atom stereocenters. The van der Waals surface area contributed by atoms with Crippen molar-refractivity contribution in [3.8, 4) is 0 Å². The van der Waals surface area contributed by atoms with Crippen molar-refractivity contribution in [2.24, 2.45) is 11.3 Å². The normalized spacial score (nSPS) is 27.2. The molecule has 2 aliphatic rings. The second-order valence-electron chi connectivity index (χ2n) is 6.39. The van der Waals surface area contributed by atoms with Gasteiger partial charge in [-0.3, -0.25) is 4.79 Å². The summed E-state index contributed by atoms with van der Waals surface area (Å²) < 4.78 is 0. The molecule has 1 N–H and O–H groups in total. The van der Waals surface area contributed by atoms with Gasteiger partial charge in [0, 0.05) is 0 Å². The van der Waals surface area contributed by atoms with E-state index >= 15 is 0 Å². The first kappa shape index (κ1) is 12.7. The number of carbonyl (C=O) groups is 1. The molecular weight excluding hydrogens is 236 g/mol.